The number of hydrogen-bond acceptors (Lipinski definition) is 0. The van der Waals surface area contributed by atoms with E-state index < -0.39 is 0 Å². The minimum atomic E-state index is 0. The Hall–Kier alpha value is -2.15. The van der Waals surface area contributed by atoms with Gasteiger partial charge in [0.15, 0.2) is 0 Å². The molecule has 0 bridgehead atoms. The van der Waals surface area contributed by atoms with Crippen LogP contribution in [-0.2, 0) is 21.7 Å². The van der Waals surface area contributed by atoms with E-state index in [0.29, 0.717) is 5.92 Å². The minimum absolute atomic E-state index is 0. The molecule has 0 spiro atoms. The molecule has 4 rings (SSSR count). The summed E-state index contributed by atoms with van der Waals surface area (Å²) < 4.78 is 0. The zero-order valence-electron chi connectivity index (χ0n) is 23.3. The van der Waals surface area contributed by atoms with E-state index in [9.17, 15) is 0 Å². The maximum absolute atomic E-state index is 3.75. The third-order valence-electron chi connectivity index (χ3n) is 8.12. The minimum Gasteiger partial charge on any atom is -0.263 e. The smallest absolute Gasteiger partial charge is 0.263 e. The van der Waals surface area contributed by atoms with Crippen molar-refractivity contribution in [1.82, 2.24) is 0 Å². The molecule has 2 unspecified atom stereocenters. The van der Waals surface area contributed by atoms with Crippen molar-refractivity contribution in [2.24, 2.45) is 16.7 Å². The molecule has 2 aliphatic rings. The quantitative estimate of drug-likeness (QED) is 0.286. The first-order chi connectivity index (χ1) is 15.8. The number of rotatable bonds is 2. The second-order valence-electron chi connectivity index (χ2n) is 10.1. The molecule has 0 amide bonds. The Balaban J connectivity index is 0.000000332. The fourth-order valence-corrected chi connectivity index (χ4v) is 4.89. The van der Waals surface area contributed by atoms with Crippen molar-refractivity contribution in [2.45, 2.75) is 62.3 Å². The second-order valence-corrected chi connectivity index (χ2v) is 10.1. The maximum Gasteiger partial charge on any atom is 4.00 e. The molecule has 182 valence electrons. The molecule has 0 radical (unpaired) electrons. The van der Waals surface area contributed by atoms with Crippen molar-refractivity contribution in [3.63, 3.8) is 0 Å². The molecular formula is C34H42Ti. The summed E-state index contributed by atoms with van der Waals surface area (Å²) in [7, 11) is 0. The zero-order valence-corrected chi connectivity index (χ0v) is 24.8. The first-order valence-electron chi connectivity index (χ1n) is 12.2. The van der Waals surface area contributed by atoms with Crippen LogP contribution in [0.25, 0.3) is 0 Å². The van der Waals surface area contributed by atoms with E-state index >= 15 is 0 Å². The predicted molar refractivity (Wildman–Crippen MR) is 149 cm³/mol. The average molecular weight is 499 g/mol. The van der Waals surface area contributed by atoms with Crippen LogP contribution in [0.15, 0.2) is 94.1 Å². The van der Waals surface area contributed by atoms with Crippen LogP contribution in [-0.4, -0.2) is 0 Å². The fraction of sp³-hybridized carbons (Fsp3) is 0.353. The van der Waals surface area contributed by atoms with Crippen molar-refractivity contribution in [3.05, 3.63) is 131 Å². The average Bonchev–Trinajstić information content (AvgIpc) is 3.14. The monoisotopic (exact) mass is 498 g/mol. The Bertz CT molecular complexity index is 1010. The Labute approximate surface area is 231 Å². The van der Waals surface area contributed by atoms with Gasteiger partial charge in [0, 0.05) is 0 Å². The Morgan fingerprint density at radius 2 is 0.886 bits per heavy atom. The Kier molecular flexibility index (Phi) is 11.2. The number of hydrogen-bond donors (Lipinski definition) is 0. The standard InChI is InChI=1S/C20H28.2C7H7.Ti/c1-12-10-19(8,16(5)14(12)3)18(7)20(9)11-13(2)15(4)17(20)6;2*1-7-5-3-2-4-6-7;/h18H,1-9H3;2*2-6H,1H2;/q-2;2*-1;+4. The summed E-state index contributed by atoms with van der Waals surface area (Å²) in [5, 5.41) is 0. The third-order valence-corrected chi connectivity index (χ3v) is 8.12. The van der Waals surface area contributed by atoms with E-state index in [1.807, 2.05) is 60.7 Å². The van der Waals surface area contributed by atoms with Gasteiger partial charge < -0.3 is 0 Å². The van der Waals surface area contributed by atoms with Crippen LogP contribution in [0.1, 0.15) is 73.4 Å². The van der Waals surface area contributed by atoms with E-state index in [0.717, 1.165) is 11.1 Å². The Morgan fingerprint density at radius 3 is 1.06 bits per heavy atom. The van der Waals surface area contributed by atoms with E-state index in [-0.39, 0.29) is 32.5 Å². The van der Waals surface area contributed by atoms with Crippen molar-refractivity contribution >= 4 is 0 Å². The van der Waals surface area contributed by atoms with Crippen molar-refractivity contribution in [3.8, 4) is 0 Å². The Morgan fingerprint density at radius 1 is 0.600 bits per heavy atom. The molecule has 35 heavy (non-hydrogen) atoms. The molecule has 0 aromatic heterocycles. The molecule has 2 aliphatic carbocycles. The molecule has 2 atom stereocenters. The SMILES string of the molecule is CC1=[C-]C(C)(C(C)C2(C)[C-]=C(C)C(C)=C2C)C(C)=C1C.[CH2-]c1ccccc1.[CH2-]c1ccccc1.[Ti+4]. The molecular weight excluding hydrogens is 456 g/mol. The summed E-state index contributed by atoms with van der Waals surface area (Å²) in [6, 6.07) is 19.7. The molecule has 2 aromatic rings. The van der Waals surface area contributed by atoms with Gasteiger partial charge in [0.1, 0.15) is 0 Å². The van der Waals surface area contributed by atoms with E-state index in [1.165, 1.54) is 33.4 Å². The number of benzene rings is 2. The van der Waals surface area contributed by atoms with Crippen LogP contribution in [0, 0.1) is 42.7 Å². The molecule has 0 saturated carbocycles. The topological polar surface area (TPSA) is 0 Å². The first-order valence-corrected chi connectivity index (χ1v) is 12.2. The predicted octanol–water partition coefficient (Wildman–Crippen LogP) is 9.57. The van der Waals surface area contributed by atoms with Gasteiger partial charge in [-0.2, -0.15) is 71.5 Å². The van der Waals surface area contributed by atoms with Crippen molar-refractivity contribution in [2.75, 3.05) is 0 Å². The first kappa shape index (κ1) is 30.9. The van der Waals surface area contributed by atoms with Crippen LogP contribution in [0.5, 0.6) is 0 Å². The van der Waals surface area contributed by atoms with Crippen LogP contribution in [0.4, 0.5) is 0 Å². The van der Waals surface area contributed by atoms with Gasteiger partial charge >= 0.3 is 21.7 Å². The molecule has 0 saturated heterocycles. The van der Waals surface area contributed by atoms with Gasteiger partial charge in [0.05, 0.1) is 0 Å². The summed E-state index contributed by atoms with van der Waals surface area (Å²) >= 11 is 0. The van der Waals surface area contributed by atoms with Gasteiger partial charge in [-0.1, -0.05) is 77.3 Å². The second kappa shape index (κ2) is 12.7. The van der Waals surface area contributed by atoms with Gasteiger partial charge in [0.2, 0.25) is 0 Å². The van der Waals surface area contributed by atoms with Crippen LogP contribution in [0.2, 0.25) is 0 Å². The third kappa shape index (κ3) is 6.96. The summed E-state index contributed by atoms with van der Waals surface area (Å²) in [6.45, 7) is 27.9. The molecule has 0 aliphatic heterocycles. The van der Waals surface area contributed by atoms with E-state index in [1.54, 1.807) is 0 Å². The van der Waals surface area contributed by atoms with Gasteiger partial charge in [-0.05, 0) is 0 Å². The molecule has 2 aromatic carbocycles. The van der Waals surface area contributed by atoms with Crippen LogP contribution in [0.3, 0.4) is 0 Å². The van der Waals surface area contributed by atoms with Gasteiger partial charge in [-0.15, -0.1) is 38.1 Å². The summed E-state index contributed by atoms with van der Waals surface area (Å²) in [5.74, 6) is 0.454. The summed E-state index contributed by atoms with van der Waals surface area (Å²) in [6.07, 6.45) is 7.51. The summed E-state index contributed by atoms with van der Waals surface area (Å²) in [4.78, 5) is 0. The van der Waals surface area contributed by atoms with Gasteiger partial charge in [0.25, 0.3) is 0 Å². The van der Waals surface area contributed by atoms with Gasteiger partial charge in [-0.3, -0.25) is 12.2 Å². The van der Waals surface area contributed by atoms with Gasteiger partial charge in [-0.25, -0.2) is 11.1 Å². The van der Waals surface area contributed by atoms with Crippen molar-refractivity contribution in [1.29, 1.82) is 0 Å². The molecule has 0 fully saturated rings. The van der Waals surface area contributed by atoms with E-state index in [2.05, 4.69) is 88.3 Å². The molecule has 0 nitrogen and oxygen atoms in total. The largest absolute Gasteiger partial charge is 4.00 e. The molecule has 1 heteroatoms. The molecule has 0 heterocycles. The number of allylic oxidation sites excluding steroid dienone is 8. The zero-order chi connectivity index (χ0) is 25.7. The fourth-order valence-electron chi connectivity index (χ4n) is 4.89. The van der Waals surface area contributed by atoms with Crippen molar-refractivity contribution < 1.29 is 21.7 Å². The van der Waals surface area contributed by atoms with E-state index in [4.69, 9.17) is 0 Å². The normalized spacial score (nSPS) is 23.8. The molecule has 0 N–H and O–H groups in total. The summed E-state index contributed by atoms with van der Waals surface area (Å²) in [5.41, 5.74) is 10.6. The van der Waals surface area contributed by atoms with Crippen LogP contribution >= 0.6 is 0 Å². The maximum atomic E-state index is 3.75. The van der Waals surface area contributed by atoms with Crippen LogP contribution < -0.4 is 0 Å².